The van der Waals surface area contributed by atoms with Gasteiger partial charge >= 0.3 is 0 Å². The molecule has 121 heavy (non-hydrogen) atoms. The number of halogens is 2. The van der Waals surface area contributed by atoms with Gasteiger partial charge in [-0.1, -0.05) is 381 Å². The number of aryl methyl sites for hydroxylation is 8. The van der Waals surface area contributed by atoms with E-state index in [0.29, 0.717) is 0 Å². The van der Waals surface area contributed by atoms with Gasteiger partial charge in [-0.25, -0.2) is 0 Å². The van der Waals surface area contributed by atoms with Crippen molar-refractivity contribution in [3.63, 3.8) is 0 Å². The Bertz CT molecular complexity index is 7210. The summed E-state index contributed by atoms with van der Waals surface area (Å²) in [5.41, 5.74) is 33.6. The monoisotopic (exact) mass is 1680 g/mol. The van der Waals surface area contributed by atoms with E-state index in [2.05, 4.69) is 497 Å². The lowest BCUT2D eigenvalue weighted by molar-refractivity contribution is 1.25. The second kappa shape index (κ2) is 34.3. The van der Waals surface area contributed by atoms with Crippen LogP contribution in [0.4, 0.5) is 45.5 Å². The average molecular weight is 1690 g/mol. The maximum atomic E-state index is 3.74. The molecule has 1 N–H and O–H groups in total. The molecule has 20 aromatic rings. The topological polar surface area (TPSA) is 18.5 Å². The summed E-state index contributed by atoms with van der Waals surface area (Å²) in [6.45, 7) is 17.4. The quantitative estimate of drug-likeness (QED) is 0.110. The summed E-state index contributed by atoms with van der Waals surface area (Å²) >= 11 is 7.46. The number of anilines is 8. The normalized spacial score (nSPS) is 11.2. The highest BCUT2D eigenvalue weighted by Gasteiger charge is 2.25. The highest BCUT2D eigenvalue weighted by atomic mass is 79.9. The Hall–Kier alpha value is -13.7. The molecule has 20 aromatic carbocycles. The lowest BCUT2D eigenvalue weighted by atomic mass is 9.92. The minimum Gasteiger partial charge on any atom is -0.355 e. The van der Waals surface area contributed by atoms with Crippen LogP contribution < -0.4 is 15.1 Å². The van der Waals surface area contributed by atoms with Gasteiger partial charge in [-0.15, -0.1) is 0 Å². The summed E-state index contributed by atoms with van der Waals surface area (Å²) in [4.78, 5) is 4.96. The molecular formula is C116H91Br2N3. The Morgan fingerprint density at radius 3 is 0.835 bits per heavy atom. The van der Waals surface area contributed by atoms with Crippen molar-refractivity contribution in [2.75, 3.05) is 15.1 Å². The highest BCUT2D eigenvalue weighted by Crippen LogP contribution is 2.50. The lowest BCUT2D eigenvalue weighted by Crippen LogP contribution is -2.13. The number of fused-ring (bicyclic) bond motifs is 10. The summed E-state index contributed by atoms with van der Waals surface area (Å²) < 4.78 is 2.30. The largest absolute Gasteiger partial charge is 0.355 e. The highest BCUT2D eigenvalue weighted by molar-refractivity contribution is 9.11. The van der Waals surface area contributed by atoms with Gasteiger partial charge in [0.1, 0.15) is 0 Å². The Balaban J connectivity index is 0.000000168. The first kappa shape index (κ1) is 78.5. The van der Waals surface area contributed by atoms with Crippen LogP contribution in [0.25, 0.3) is 131 Å². The first-order valence-corrected chi connectivity index (χ1v) is 43.1. The van der Waals surface area contributed by atoms with Gasteiger partial charge in [0, 0.05) is 53.8 Å². The number of benzene rings is 20. The van der Waals surface area contributed by atoms with E-state index in [4.69, 9.17) is 0 Å². The smallest absolute Gasteiger partial charge is 0.0546 e. The zero-order chi connectivity index (χ0) is 82.8. The second-order valence-electron chi connectivity index (χ2n) is 32.1. The van der Waals surface area contributed by atoms with E-state index in [1.165, 1.54) is 176 Å². The molecule has 0 radical (unpaired) electrons. The SMILES string of the molecule is Cc1ccc(N(c2ccc(-c3ccc(-c4ccccc4)cc3)cc2)c2cc3c4cc(C)ccc4c(N(c4ccc(-c5ccc(-c6ccccc6)cc5)cc4)c4ccc(C)cc4C)cc3c3ccccc23)c(C)c1.Cc1ccc(Nc2ccc(-c3ccc(-c4ccccc4)cc3)cc2)c(C)c1.Cc1ccc2c(Br)cc3c4ccccc4c(Br)cc3c2c1. The van der Waals surface area contributed by atoms with E-state index in [1.807, 2.05) is 6.07 Å². The molecule has 0 heterocycles. The molecule has 0 fully saturated rings. The van der Waals surface area contributed by atoms with E-state index < -0.39 is 0 Å². The van der Waals surface area contributed by atoms with Gasteiger partial charge in [-0.05, 0) is 272 Å². The standard InChI is InChI=1S/C71H56N2.C26H23N.C19H12Br2/c1-47-21-40-68(50(4)42-47)72(60-35-31-58(32-36-60)56-27-23-54(24-28-56)52-14-8-6-9-15-52)70-46-67-65-44-49(3)20-39-64(65)71(45-66(67)62-18-12-13-19-63(62)70)73(69-41-22-48(2)43-51(69)5)61-37-33-59(34-38-61)57-29-25-55(26-30-57)53-16-10-7-11-17-53;1-19-8-17-26(20(2)18-19)27-25-15-13-24(14-16-25)23-11-9-22(10-12-23)21-6-4-3-5-7-21;1-11-6-7-14-15(8-11)17-10-18(20)13-5-3-2-4-12(13)16(17)9-19(14)21/h6-46H,1-5H3;3-18,27H,1-2H3;2-10H,1H3. The van der Waals surface area contributed by atoms with E-state index in [-0.39, 0.29) is 0 Å². The molecule has 3 nitrogen and oxygen atoms in total. The fraction of sp³-hybridized carbons (Fsp3) is 0.0690. The van der Waals surface area contributed by atoms with Crippen LogP contribution in [0.5, 0.6) is 0 Å². The molecule has 584 valence electrons. The third-order valence-corrected chi connectivity index (χ3v) is 24.9. The molecule has 0 aromatic heterocycles. The van der Waals surface area contributed by atoms with Crippen molar-refractivity contribution >= 4 is 142 Å². The molecule has 0 atom stereocenters. The van der Waals surface area contributed by atoms with Gasteiger partial charge < -0.3 is 15.1 Å². The first-order valence-electron chi connectivity index (χ1n) is 41.5. The van der Waals surface area contributed by atoms with E-state index in [9.17, 15) is 0 Å². The molecule has 20 rings (SSSR count). The Morgan fingerprint density at radius 2 is 0.438 bits per heavy atom. The third-order valence-electron chi connectivity index (χ3n) is 23.6. The Labute approximate surface area is 727 Å². The third kappa shape index (κ3) is 16.4. The van der Waals surface area contributed by atoms with Crippen LogP contribution in [-0.4, -0.2) is 0 Å². The minimum absolute atomic E-state index is 1.10. The lowest BCUT2D eigenvalue weighted by Gasteiger charge is -2.31. The summed E-state index contributed by atoms with van der Waals surface area (Å²) in [5, 5.41) is 18.4. The first-order chi connectivity index (χ1) is 59.1. The van der Waals surface area contributed by atoms with Gasteiger partial charge in [-0.3, -0.25) is 0 Å². The van der Waals surface area contributed by atoms with Crippen molar-refractivity contribution in [1.82, 2.24) is 0 Å². The molecule has 0 amide bonds. The van der Waals surface area contributed by atoms with Crippen LogP contribution in [0.15, 0.2) is 409 Å². The number of rotatable bonds is 14. The number of nitrogens with zero attached hydrogens (tertiary/aromatic N) is 2. The second-order valence-corrected chi connectivity index (χ2v) is 33.8. The van der Waals surface area contributed by atoms with Gasteiger partial charge in [0.05, 0.1) is 11.4 Å². The molecule has 0 bridgehead atoms. The molecule has 0 unspecified atom stereocenters. The zero-order valence-corrected chi connectivity index (χ0v) is 72.4. The fourth-order valence-electron chi connectivity index (χ4n) is 17.3. The van der Waals surface area contributed by atoms with Crippen LogP contribution in [0.1, 0.15) is 44.5 Å². The van der Waals surface area contributed by atoms with Crippen molar-refractivity contribution in [1.29, 1.82) is 0 Å². The van der Waals surface area contributed by atoms with E-state index >= 15 is 0 Å². The van der Waals surface area contributed by atoms with Crippen molar-refractivity contribution < 1.29 is 0 Å². The zero-order valence-electron chi connectivity index (χ0n) is 69.3. The Kier molecular flexibility index (Phi) is 22.3. The van der Waals surface area contributed by atoms with Gasteiger partial charge in [-0.2, -0.15) is 0 Å². The van der Waals surface area contributed by atoms with Gasteiger partial charge in [0.25, 0.3) is 0 Å². The van der Waals surface area contributed by atoms with Crippen molar-refractivity contribution in [3.05, 3.63) is 454 Å². The fourth-order valence-corrected chi connectivity index (χ4v) is 18.5. The number of hydrogen-bond acceptors (Lipinski definition) is 3. The molecule has 0 aliphatic carbocycles. The van der Waals surface area contributed by atoms with E-state index in [0.717, 1.165) is 54.4 Å². The molecular weight excluding hydrogens is 1600 g/mol. The number of hydrogen-bond donors (Lipinski definition) is 1. The van der Waals surface area contributed by atoms with Crippen molar-refractivity contribution in [2.24, 2.45) is 0 Å². The van der Waals surface area contributed by atoms with Crippen molar-refractivity contribution in [3.8, 4) is 66.8 Å². The maximum Gasteiger partial charge on any atom is 0.0546 e. The summed E-state index contributed by atoms with van der Waals surface area (Å²) in [7, 11) is 0. The summed E-state index contributed by atoms with van der Waals surface area (Å²) in [6, 6.07) is 146. The van der Waals surface area contributed by atoms with Crippen LogP contribution >= 0.6 is 31.9 Å². The maximum absolute atomic E-state index is 3.74. The van der Waals surface area contributed by atoms with Crippen LogP contribution in [-0.2, 0) is 0 Å². The predicted octanol–water partition coefficient (Wildman–Crippen LogP) is 34.7. The summed E-state index contributed by atoms with van der Waals surface area (Å²) in [5.74, 6) is 0. The van der Waals surface area contributed by atoms with E-state index in [1.54, 1.807) is 0 Å². The summed E-state index contributed by atoms with van der Waals surface area (Å²) in [6.07, 6.45) is 0. The Morgan fingerprint density at radius 1 is 0.182 bits per heavy atom. The van der Waals surface area contributed by atoms with Crippen LogP contribution in [0.2, 0.25) is 0 Å². The molecule has 5 heteroatoms. The van der Waals surface area contributed by atoms with Crippen LogP contribution in [0, 0.1) is 55.4 Å². The van der Waals surface area contributed by atoms with Gasteiger partial charge in [0.15, 0.2) is 0 Å². The van der Waals surface area contributed by atoms with Crippen LogP contribution in [0.3, 0.4) is 0 Å². The molecule has 0 aliphatic heterocycles. The average Bonchev–Trinajstić information content (AvgIpc) is 0.715. The number of nitrogens with one attached hydrogen (secondary N) is 1. The molecule has 0 spiro atoms. The predicted molar refractivity (Wildman–Crippen MR) is 529 cm³/mol. The minimum atomic E-state index is 1.10. The van der Waals surface area contributed by atoms with Crippen molar-refractivity contribution in [2.45, 2.75) is 55.4 Å². The molecule has 0 saturated heterocycles. The molecule has 0 aliphatic rings. The molecule has 0 saturated carbocycles. The van der Waals surface area contributed by atoms with Gasteiger partial charge in [0.2, 0.25) is 0 Å².